The van der Waals surface area contributed by atoms with Gasteiger partial charge in [0.05, 0.1) is 5.25 Å². The summed E-state index contributed by atoms with van der Waals surface area (Å²) in [6.45, 7) is 3.93. The van der Waals surface area contributed by atoms with Crippen molar-refractivity contribution in [1.82, 2.24) is 10.2 Å². The largest absolute Gasteiger partial charge is 0.394 e. The van der Waals surface area contributed by atoms with Crippen LogP contribution in [0.1, 0.15) is 51.9 Å². The highest BCUT2D eigenvalue weighted by Gasteiger charge is 2.34. The number of anilines is 1. The number of hydrogen-bond donors (Lipinski definition) is 0. The van der Waals surface area contributed by atoms with Crippen molar-refractivity contribution in [2.24, 2.45) is 5.92 Å². The van der Waals surface area contributed by atoms with Gasteiger partial charge < -0.3 is 9.32 Å². The van der Waals surface area contributed by atoms with Crippen LogP contribution in [0.15, 0.2) is 9.64 Å². The first-order valence-corrected chi connectivity index (χ1v) is 9.44. The maximum Gasteiger partial charge on any atom is 0.337 e. The third kappa shape index (κ3) is 3.07. The fraction of sp³-hybridized carbons (Fsp3) is 0.857. The molecule has 0 amide bonds. The first-order chi connectivity index (χ1) is 10.1. The van der Waals surface area contributed by atoms with E-state index < -0.39 is 9.84 Å². The predicted molar refractivity (Wildman–Crippen MR) is 79.0 cm³/mol. The normalized spacial score (nSPS) is 22.6. The molecule has 1 aliphatic heterocycles. The Morgan fingerprint density at radius 1 is 1.05 bits per heavy atom. The van der Waals surface area contributed by atoms with E-state index in [0.717, 1.165) is 45.2 Å². The molecule has 7 heteroatoms. The Balaban J connectivity index is 1.74. The molecular formula is C14H23N3O3S. The van der Waals surface area contributed by atoms with Crippen LogP contribution >= 0.6 is 0 Å². The van der Waals surface area contributed by atoms with Gasteiger partial charge in [-0.05, 0) is 31.6 Å². The first-order valence-electron chi connectivity index (χ1n) is 7.90. The molecule has 118 valence electrons. The zero-order chi connectivity index (χ0) is 14.9. The second kappa shape index (κ2) is 5.94. The molecule has 2 fully saturated rings. The molecule has 21 heavy (non-hydrogen) atoms. The molecule has 0 radical (unpaired) electrons. The standard InChI is InChI=1S/C14H23N3O3S/c1-11-7-9-17(10-8-11)13-15-16-14(20-13)21(18,19)12-5-3-2-4-6-12/h11-12H,2-10H2,1H3. The van der Waals surface area contributed by atoms with Crippen molar-refractivity contribution in [2.45, 2.75) is 62.3 Å². The molecule has 0 bridgehead atoms. The lowest BCUT2D eigenvalue weighted by atomic mass is 10.00. The molecule has 0 unspecified atom stereocenters. The van der Waals surface area contributed by atoms with Crippen LogP contribution in [-0.2, 0) is 9.84 Å². The Hall–Kier alpha value is -1.11. The van der Waals surface area contributed by atoms with Gasteiger partial charge in [0.2, 0.25) is 9.84 Å². The van der Waals surface area contributed by atoms with E-state index in [-0.39, 0.29) is 10.5 Å². The van der Waals surface area contributed by atoms with E-state index in [4.69, 9.17) is 4.42 Å². The summed E-state index contributed by atoms with van der Waals surface area (Å²) in [7, 11) is -3.46. The molecular weight excluding hydrogens is 290 g/mol. The number of sulfone groups is 1. The average molecular weight is 313 g/mol. The fourth-order valence-electron chi connectivity index (χ4n) is 3.16. The minimum Gasteiger partial charge on any atom is -0.394 e. The highest BCUT2D eigenvalue weighted by atomic mass is 32.2. The van der Waals surface area contributed by atoms with Gasteiger partial charge in [-0.15, -0.1) is 0 Å². The third-order valence-corrected chi connectivity index (χ3v) is 6.69. The van der Waals surface area contributed by atoms with Crippen molar-refractivity contribution in [3.63, 3.8) is 0 Å². The number of aromatic nitrogens is 2. The van der Waals surface area contributed by atoms with Crippen LogP contribution in [0.5, 0.6) is 0 Å². The SMILES string of the molecule is CC1CCN(c2nnc(S(=O)(=O)C3CCCCC3)o2)CC1. The van der Waals surface area contributed by atoms with Gasteiger partial charge in [-0.1, -0.05) is 36.4 Å². The van der Waals surface area contributed by atoms with Crippen LogP contribution in [0, 0.1) is 5.92 Å². The average Bonchev–Trinajstić information content (AvgIpc) is 2.99. The second-order valence-electron chi connectivity index (χ2n) is 6.33. The van der Waals surface area contributed by atoms with Crippen LogP contribution < -0.4 is 4.90 Å². The van der Waals surface area contributed by atoms with Gasteiger partial charge >= 0.3 is 11.2 Å². The molecule has 0 spiro atoms. The molecule has 6 nitrogen and oxygen atoms in total. The van der Waals surface area contributed by atoms with E-state index in [1.54, 1.807) is 0 Å². The summed E-state index contributed by atoms with van der Waals surface area (Å²) in [5.41, 5.74) is 0. The van der Waals surface area contributed by atoms with Crippen molar-refractivity contribution < 1.29 is 12.8 Å². The molecule has 0 N–H and O–H groups in total. The number of piperidine rings is 1. The highest BCUT2D eigenvalue weighted by molar-refractivity contribution is 7.91. The number of rotatable bonds is 3. The Bertz CT molecular complexity index is 570. The molecule has 1 saturated heterocycles. The van der Waals surface area contributed by atoms with Crippen LogP contribution in [0.4, 0.5) is 6.01 Å². The van der Waals surface area contributed by atoms with Crippen molar-refractivity contribution in [3.8, 4) is 0 Å². The van der Waals surface area contributed by atoms with E-state index in [9.17, 15) is 8.42 Å². The Kier molecular flexibility index (Phi) is 4.19. The van der Waals surface area contributed by atoms with Crippen molar-refractivity contribution in [3.05, 3.63) is 0 Å². The maximum atomic E-state index is 12.5. The zero-order valence-electron chi connectivity index (χ0n) is 12.5. The van der Waals surface area contributed by atoms with E-state index in [2.05, 4.69) is 17.1 Å². The summed E-state index contributed by atoms with van der Waals surface area (Å²) in [6.07, 6.45) is 6.62. The summed E-state index contributed by atoms with van der Waals surface area (Å²) in [5.74, 6) is 0.703. The van der Waals surface area contributed by atoms with Crippen LogP contribution in [0.25, 0.3) is 0 Å². The molecule has 2 heterocycles. The summed E-state index contributed by atoms with van der Waals surface area (Å²) < 4.78 is 30.5. The molecule has 1 aliphatic carbocycles. The summed E-state index contributed by atoms with van der Waals surface area (Å²) >= 11 is 0. The van der Waals surface area contributed by atoms with E-state index in [1.165, 1.54) is 0 Å². The van der Waals surface area contributed by atoms with E-state index in [0.29, 0.717) is 24.8 Å². The Morgan fingerprint density at radius 2 is 1.71 bits per heavy atom. The second-order valence-corrected chi connectivity index (χ2v) is 8.43. The van der Waals surface area contributed by atoms with Crippen LogP contribution in [-0.4, -0.2) is 37.0 Å². The Labute approximate surface area is 125 Å². The topological polar surface area (TPSA) is 76.3 Å². The fourth-order valence-corrected chi connectivity index (χ4v) is 4.75. The lowest BCUT2D eigenvalue weighted by Crippen LogP contribution is -2.33. The number of nitrogens with zero attached hydrogens (tertiary/aromatic N) is 3. The van der Waals surface area contributed by atoms with Crippen LogP contribution in [0.3, 0.4) is 0 Å². The van der Waals surface area contributed by atoms with E-state index in [1.807, 2.05) is 4.90 Å². The van der Waals surface area contributed by atoms with Gasteiger partial charge in [-0.3, -0.25) is 0 Å². The third-order valence-electron chi connectivity index (χ3n) is 4.68. The van der Waals surface area contributed by atoms with Crippen molar-refractivity contribution >= 4 is 15.9 Å². The van der Waals surface area contributed by atoms with Gasteiger partial charge in [0.25, 0.3) is 0 Å². The predicted octanol–water partition coefficient (Wildman–Crippen LogP) is 2.41. The smallest absolute Gasteiger partial charge is 0.337 e. The molecule has 1 aromatic rings. The zero-order valence-corrected chi connectivity index (χ0v) is 13.3. The summed E-state index contributed by atoms with van der Waals surface area (Å²) in [4.78, 5) is 1.99. The van der Waals surface area contributed by atoms with Gasteiger partial charge in [-0.2, -0.15) is 0 Å². The Morgan fingerprint density at radius 3 is 2.38 bits per heavy atom. The minimum absolute atomic E-state index is 0.192. The molecule has 0 aromatic carbocycles. The van der Waals surface area contributed by atoms with Crippen LogP contribution in [0.2, 0.25) is 0 Å². The quantitative estimate of drug-likeness (QED) is 0.853. The molecule has 2 aliphatic rings. The maximum absolute atomic E-state index is 12.5. The summed E-state index contributed by atoms with van der Waals surface area (Å²) in [5, 5.41) is 7.23. The van der Waals surface area contributed by atoms with Gasteiger partial charge in [0, 0.05) is 13.1 Å². The monoisotopic (exact) mass is 313 g/mol. The molecule has 0 atom stereocenters. The lowest BCUT2D eigenvalue weighted by Gasteiger charge is -2.28. The molecule has 3 rings (SSSR count). The molecule has 1 aromatic heterocycles. The first kappa shape index (κ1) is 14.8. The lowest BCUT2D eigenvalue weighted by molar-refractivity contribution is 0.382. The van der Waals surface area contributed by atoms with Gasteiger partial charge in [-0.25, -0.2) is 8.42 Å². The highest BCUT2D eigenvalue weighted by Crippen LogP contribution is 2.29. The minimum atomic E-state index is -3.46. The molecule has 1 saturated carbocycles. The summed E-state index contributed by atoms with van der Waals surface area (Å²) in [6, 6.07) is 0.358. The van der Waals surface area contributed by atoms with Gasteiger partial charge in [0.1, 0.15) is 0 Å². The van der Waals surface area contributed by atoms with Gasteiger partial charge in [0.15, 0.2) is 0 Å². The number of hydrogen-bond acceptors (Lipinski definition) is 6. The van der Waals surface area contributed by atoms with Crippen molar-refractivity contribution in [1.29, 1.82) is 0 Å². The van der Waals surface area contributed by atoms with Crippen molar-refractivity contribution in [2.75, 3.05) is 18.0 Å². The van der Waals surface area contributed by atoms with E-state index >= 15 is 0 Å².